The molecule has 0 aliphatic carbocycles. The van der Waals surface area contributed by atoms with Gasteiger partial charge in [-0.05, 0) is 45.9 Å². The Morgan fingerprint density at radius 1 is 1.04 bits per heavy atom. The average molecular weight is 380 g/mol. The van der Waals surface area contributed by atoms with Crippen LogP contribution < -0.4 is 5.32 Å². The van der Waals surface area contributed by atoms with Crippen LogP contribution in [-0.2, 0) is 19.6 Å². The van der Waals surface area contributed by atoms with Crippen molar-refractivity contribution in [1.29, 1.82) is 0 Å². The number of rotatable bonds is 7. The van der Waals surface area contributed by atoms with Gasteiger partial charge >= 0.3 is 0 Å². The number of nitrogens with one attached hydrogen (secondary N) is 2. The van der Waals surface area contributed by atoms with Crippen LogP contribution in [0.25, 0.3) is 11.5 Å². The summed E-state index contributed by atoms with van der Waals surface area (Å²) < 4.78 is 13.0. The number of hydrogen-bond donors (Lipinski definition) is 2. The van der Waals surface area contributed by atoms with Crippen LogP contribution in [0, 0.1) is 27.7 Å². The molecule has 4 aromatic heterocycles. The molecule has 0 atom stereocenters. The van der Waals surface area contributed by atoms with Gasteiger partial charge in [-0.25, -0.2) is 0 Å². The summed E-state index contributed by atoms with van der Waals surface area (Å²) in [4.78, 5) is 0. The molecule has 2 N–H and O–H groups in total. The number of aromatic amines is 1. The van der Waals surface area contributed by atoms with E-state index >= 15 is 0 Å². The molecule has 4 aromatic rings. The molecule has 0 radical (unpaired) electrons. The molecule has 8 nitrogen and oxygen atoms in total. The van der Waals surface area contributed by atoms with Crippen molar-refractivity contribution in [1.82, 2.24) is 30.5 Å². The van der Waals surface area contributed by atoms with Crippen LogP contribution in [0.4, 0.5) is 0 Å². The molecule has 4 rings (SSSR count). The van der Waals surface area contributed by atoms with Crippen LogP contribution >= 0.6 is 0 Å². The van der Waals surface area contributed by atoms with Crippen molar-refractivity contribution in [3.8, 4) is 11.5 Å². The maximum absolute atomic E-state index is 5.95. The summed E-state index contributed by atoms with van der Waals surface area (Å²) in [6.07, 6.45) is 1.94. The highest BCUT2D eigenvalue weighted by molar-refractivity contribution is 5.51. The number of H-pyrrole nitrogens is 1. The van der Waals surface area contributed by atoms with E-state index in [2.05, 4.69) is 25.8 Å². The molecule has 0 fully saturated rings. The Morgan fingerprint density at radius 2 is 1.89 bits per heavy atom. The molecule has 146 valence electrons. The Balaban J connectivity index is 1.38. The molecule has 0 aliphatic rings. The van der Waals surface area contributed by atoms with Gasteiger partial charge in [0.1, 0.15) is 17.2 Å². The first-order chi connectivity index (χ1) is 13.5. The smallest absolute Gasteiger partial charge is 0.154 e. The Morgan fingerprint density at radius 3 is 2.61 bits per heavy atom. The lowest BCUT2D eigenvalue weighted by atomic mass is 10.2. The van der Waals surface area contributed by atoms with Crippen molar-refractivity contribution in [2.45, 2.75) is 47.3 Å². The zero-order valence-electron chi connectivity index (χ0n) is 16.5. The number of hydrogen-bond acceptors (Lipinski definition) is 6. The van der Waals surface area contributed by atoms with Gasteiger partial charge in [0.25, 0.3) is 0 Å². The molecule has 0 saturated heterocycles. The van der Waals surface area contributed by atoms with Crippen molar-refractivity contribution in [2.24, 2.45) is 0 Å². The van der Waals surface area contributed by atoms with Gasteiger partial charge < -0.3 is 14.3 Å². The minimum atomic E-state index is 0.625. The number of aryl methyl sites for hydroxylation is 4. The van der Waals surface area contributed by atoms with Gasteiger partial charge in [0.05, 0.1) is 24.5 Å². The van der Waals surface area contributed by atoms with E-state index in [-0.39, 0.29) is 0 Å². The first-order valence-electron chi connectivity index (χ1n) is 9.26. The van der Waals surface area contributed by atoms with E-state index in [9.17, 15) is 0 Å². The third kappa shape index (κ3) is 3.63. The topological polar surface area (TPSA) is 97.7 Å². The SMILES string of the molecule is Cc1n[nH]c(C)c1CNCc1ccc(-c2ccn(Cc3c(C)noc3C)n2)o1. The van der Waals surface area contributed by atoms with Crippen LogP contribution in [-0.4, -0.2) is 25.1 Å². The molecule has 4 heterocycles. The van der Waals surface area contributed by atoms with Gasteiger partial charge in [-0.2, -0.15) is 10.2 Å². The highest BCUT2D eigenvalue weighted by Gasteiger charge is 2.13. The predicted molar refractivity (Wildman–Crippen MR) is 104 cm³/mol. The summed E-state index contributed by atoms with van der Waals surface area (Å²) in [5.74, 6) is 2.45. The third-order valence-electron chi connectivity index (χ3n) is 4.94. The maximum atomic E-state index is 5.95. The standard InChI is InChI=1S/C20H24N6O2/c1-12-17(13(2)23-22-12)10-21-9-16-5-6-20(27-16)19-7-8-26(24-19)11-18-14(3)25-28-15(18)4/h5-8,21H,9-11H2,1-4H3,(H,22,23). The number of nitrogens with zero attached hydrogens (tertiary/aromatic N) is 4. The van der Waals surface area contributed by atoms with Gasteiger partial charge in [-0.15, -0.1) is 0 Å². The molecule has 0 aromatic carbocycles. The van der Waals surface area contributed by atoms with E-state index in [0.717, 1.165) is 52.2 Å². The Labute approximate surface area is 162 Å². The molecule has 0 unspecified atom stereocenters. The zero-order valence-corrected chi connectivity index (χ0v) is 16.5. The van der Waals surface area contributed by atoms with E-state index in [4.69, 9.17) is 8.94 Å². The third-order valence-corrected chi connectivity index (χ3v) is 4.94. The first kappa shape index (κ1) is 18.2. The molecular weight excluding hydrogens is 356 g/mol. The van der Waals surface area contributed by atoms with E-state index in [0.29, 0.717) is 13.1 Å². The maximum Gasteiger partial charge on any atom is 0.154 e. The van der Waals surface area contributed by atoms with Crippen molar-refractivity contribution in [2.75, 3.05) is 0 Å². The summed E-state index contributed by atoms with van der Waals surface area (Å²) in [5, 5.41) is 19.2. The normalized spacial score (nSPS) is 11.4. The lowest BCUT2D eigenvalue weighted by Crippen LogP contribution is -2.13. The second-order valence-corrected chi connectivity index (χ2v) is 6.98. The molecule has 28 heavy (non-hydrogen) atoms. The van der Waals surface area contributed by atoms with Crippen LogP contribution in [0.5, 0.6) is 0 Å². The van der Waals surface area contributed by atoms with E-state index in [1.54, 1.807) is 0 Å². The predicted octanol–water partition coefficient (Wildman–Crippen LogP) is 3.43. The van der Waals surface area contributed by atoms with Gasteiger partial charge in [-0.1, -0.05) is 5.16 Å². The fraction of sp³-hybridized carbons (Fsp3) is 0.350. The van der Waals surface area contributed by atoms with Crippen molar-refractivity contribution in [3.05, 3.63) is 64.1 Å². The quantitative estimate of drug-likeness (QED) is 0.510. The Hall–Kier alpha value is -3.13. The molecule has 0 saturated carbocycles. The van der Waals surface area contributed by atoms with Gasteiger partial charge in [0.2, 0.25) is 0 Å². The molecule has 0 bridgehead atoms. The van der Waals surface area contributed by atoms with Crippen LogP contribution in [0.2, 0.25) is 0 Å². The lowest BCUT2D eigenvalue weighted by molar-refractivity contribution is 0.391. The monoisotopic (exact) mass is 380 g/mol. The molecular formula is C20H24N6O2. The Bertz CT molecular complexity index is 1050. The van der Waals surface area contributed by atoms with E-state index in [1.165, 1.54) is 5.56 Å². The fourth-order valence-electron chi connectivity index (χ4n) is 3.23. The highest BCUT2D eigenvalue weighted by atomic mass is 16.5. The van der Waals surface area contributed by atoms with Gasteiger partial charge in [0.15, 0.2) is 5.76 Å². The van der Waals surface area contributed by atoms with E-state index < -0.39 is 0 Å². The lowest BCUT2D eigenvalue weighted by Gasteiger charge is -2.03. The summed E-state index contributed by atoms with van der Waals surface area (Å²) in [7, 11) is 0. The Kier molecular flexibility index (Phi) is 4.87. The number of aromatic nitrogens is 5. The van der Waals surface area contributed by atoms with Crippen LogP contribution in [0.15, 0.2) is 33.3 Å². The zero-order chi connectivity index (χ0) is 19.7. The second kappa shape index (κ2) is 7.47. The molecule has 8 heteroatoms. The molecule has 0 amide bonds. The van der Waals surface area contributed by atoms with Crippen LogP contribution in [0.3, 0.4) is 0 Å². The summed E-state index contributed by atoms with van der Waals surface area (Å²) >= 11 is 0. The highest BCUT2D eigenvalue weighted by Crippen LogP contribution is 2.21. The van der Waals surface area contributed by atoms with Crippen molar-refractivity contribution < 1.29 is 8.94 Å². The minimum Gasteiger partial charge on any atom is -0.458 e. The first-order valence-corrected chi connectivity index (χ1v) is 9.26. The van der Waals surface area contributed by atoms with Gasteiger partial charge in [0, 0.05) is 29.6 Å². The van der Waals surface area contributed by atoms with E-state index in [1.807, 2.05) is 56.8 Å². The van der Waals surface area contributed by atoms with Gasteiger partial charge in [-0.3, -0.25) is 9.78 Å². The number of furan rings is 1. The van der Waals surface area contributed by atoms with Crippen molar-refractivity contribution in [3.63, 3.8) is 0 Å². The van der Waals surface area contributed by atoms with Crippen molar-refractivity contribution >= 4 is 0 Å². The van der Waals surface area contributed by atoms with Crippen LogP contribution in [0.1, 0.15) is 39.7 Å². The minimum absolute atomic E-state index is 0.625. The molecule has 0 spiro atoms. The molecule has 0 aliphatic heterocycles. The largest absolute Gasteiger partial charge is 0.458 e. The fourth-order valence-corrected chi connectivity index (χ4v) is 3.23. The average Bonchev–Trinajstić information content (AvgIpc) is 3.44. The summed E-state index contributed by atoms with van der Waals surface area (Å²) in [6.45, 7) is 9.90. The summed E-state index contributed by atoms with van der Waals surface area (Å²) in [5.41, 5.74) is 6.07. The summed E-state index contributed by atoms with van der Waals surface area (Å²) in [6, 6.07) is 5.88. The second-order valence-electron chi connectivity index (χ2n) is 6.98.